The van der Waals surface area contributed by atoms with E-state index in [1.54, 1.807) is 6.33 Å². The number of carbonyl (C=O) groups excluding carboxylic acids is 1. The van der Waals surface area contributed by atoms with Crippen LogP contribution in [0, 0.1) is 0 Å². The van der Waals surface area contributed by atoms with Crippen molar-refractivity contribution >= 4 is 17.5 Å². The Hall–Kier alpha value is -1.93. The van der Waals surface area contributed by atoms with Gasteiger partial charge in [0.15, 0.2) is 0 Å². The summed E-state index contributed by atoms with van der Waals surface area (Å²) in [5.41, 5.74) is 5.25. The molecule has 8 nitrogen and oxygen atoms in total. The van der Waals surface area contributed by atoms with Crippen molar-refractivity contribution in [1.82, 2.24) is 14.9 Å². The van der Waals surface area contributed by atoms with Crippen LogP contribution in [0.2, 0.25) is 0 Å². The maximum absolute atomic E-state index is 11.0. The summed E-state index contributed by atoms with van der Waals surface area (Å²) >= 11 is 0. The van der Waals surface area contributed by atoms with Gasteiger partial charge in [-0.1, -0.05) is 0 Å². The van der Waals surface area contributed by atoms with E-state index in [1.807, 2.05) is 11.9 Å². The number of hydrogen-bond donors (Lipinski definition) is 1. The first-order valence-corrected chi connectivity index (χ1v) is 9.02. The summed E-state index contributed by atoms with van der Waals surface area (Å²) in [6, 6.07) is 2.08. The van der Waals surface area contributed by atoms with Gasteiger partial charge in [-0.15, -0.1) is 0 Å². The number of hydrogen-bond acceptors (Lipinski definition) is 7. The first-order chi connectivity index (χ1) is 12.1. The molecule has 3 rings (SSSR count). The number of nitrogens with zero attached hydrogens (tertiary/aromatic N) is 5. The molecule has 0 saturated carbocycles. The molecule has 25 heavy (non-hydrogen) atoms. The van der Waals surface area contributed by atoms with Crippen LogP contribution in [0.25, 0.3) is 0 Å². The van der Waals surface area contributed by atoms with E-state index in [9.17, 15) is 4.79 Å². The van der Waals surface area contributed by atoms with E-state index in [-0.39, 0.29) is 18.6 Å². The van der Waals surface area contributed by atoms with Crippen molar-refractivity contribution in [2.45, 2.75) is 25.4 Å². The number of nitrogens with two attached hydrogens (primary N) is 1. The van der Waals surface area contributed by atoms with Gasteiger partial charge in [-0.05, 0) is 26.3 Å². The largest absolute Gasteiger partial charge is 0.373 e. The third-order valence-corrected chi connectivity index (χ3v) is 4.72. The number of carbonyl (C=O) groups is 1. The Kier molecular flexibility index (Phi) is 6.04. The number of rotatable bonds is 6. The van der Waals surface area contributed by atoms with Crippen molar-refractivity contribution in [2.75, 3.05) is 62.7 Å². The molecule has 8 heteroatoms. The number of aromatic nitrogens is 2. The Morgan fingerprint density at radius 3 is 2.68 bits per heavy atom. The lowest BCUT2D eigenvalue weighted by atomic mass is 10.1. The van der Waals surface area contributed by atoms with Crippen molar-refractivity contribution in [2.24, 2.45) is 5.73 Å². The van der Waals surface area contributed by atoms with Crippen LogP contribution in [0.5, 0.6) is 0 Å². The summed E-state index contributed by atoms with van der Waals surface area (Å²) < 4.78 is 5.84. The molecule has 1 aromatic rings. The topological polar surface area (TPSA) is 87.8 Å². The molecule has 0 aliphatic carbocycles. The van der Waals surface area contributed by atoms with Crippen LogP contribution in [-0.4, -0.2) is 79.8 Å². The molecule has 0 bridgehead atoms. The number of piperidine rings is 1. The number of anilines is 2. The monoisotopic (exact) mass is 348 g/mol. The molecule has 2 N–H and O–H groups in total. The number of primary amides is 1. The number of morpholine rings is 1. The summed E-state index contributed by atoms with van der Waals surface area (Å²) in [6.07, 6.45) is 5.45. The molecule has 2 aliphatic rings. The fourth-order valence-electron chi connectivity index (χ4n) is 3.52. The molecule has 0 unspecified atom stereocenters. The van der Waals surface area contributed by atoms with Crippen LogP contribution >= 0.6 is 0 Å². The third kappa shape index (κ3) is 5.02. The summed E-state index contributed by atoms with van der Waals surface area (Å²) in [6.45, 7) is 5.26. The van der Waals surface area contributed by atoms with E-state index in [2.05, 4.69) is 25.8 Å². The van der Waals surface area contributed by atoms with Gasteiger partial charge in [0, 0.05) is 38.8 Å². The summed E-state index contributed by atoms with van der Waals surface area (Å²) in [5.74, 6) is 1.64. The van der Waals surface area contributed by atoms with Crippen molar-refractivity contribution in [3.63, 3.8) is 0 Å². The van der Waals surface area contributed by atoms with Crippen LogP contribution in [-0.2, 0) is 9.53 Å². The molecule has 2 saturated heterocycles. The van der Waals surface area contributed by atoms with E-state index >= 15 is 0 Å². The van der Waals surface area contributed by atoms with Gasteiger partial charge < -0.3 is 20.3 Å². The molecular weight excluding hydrogens is 320 g/mol. The van der Waals surface area contributed by atoms with Crippen LogP contribution < -0.4 is 15.5 Å². The average molecular weight is 348 g/mol. The van der Waals surface area contributed by atoms with Gasteiger partial charge in [-0.25, -0.2) is 9.97 Å². The maximum atomic E-state index is 11.0. The molecule has 1 aromatic heterocycles. The molecule has 2 fully saturated rings. The molecule has 1 atom stereocenters. The predicted octanol–water partition coefficient (Wildman–Crippen LogP) is 0.0892. The Bertz CT molecular complexity index is 578. The first-order valence-electron chi connectivity index (χ1n) is 9.02. The minimum atomic E-state index is -0.322. The van der Waals surface area contributed by atoms with Gasteiger partial charge >= 0.3 is 0 Å². The second-order valence-corrected chi connectivity index (χ2v) is 6.88. The van der Waals surface area contributed by atoms with E-state index in [1.165, 1.54) is 19.3 Å². The summed E-state index contributed by atoms with van der Waals surface area (Å²) in [5, 5.41) is 0. The first kappa shape index (κ1) is 17.9. The van der Waals surface area contributed by atoms with Crippen LogP contribution in [0.1, 0.15) is 19.3 Å². The fraction of sp³-hybridized carbons (Fsp3) is 0.706. The van der Waals surface area contributed by atoms with Crippen LogP contribution in [0.3, 0.4) is 0 Å². The van der Waals surface area contributed by atoms with Gasteiger partial charge in [-0.2, -0.15) is 0 Å². The smallest absolute Gasteiger partial charge is 0.231 e. The van der Waals surface area contributed by atoms with E-state index < -0.39 is 0 Å². The van der Waals surface area contributed by atoms with Gasteiger partial charge in [0.05, 0.1) is 19.3 Å². The zero-order valence-corrected chi connectivity index (χ0v) is 14.9. The molecule has 138 valence electrons. The summed E-state index contributed by atoms with van der Waals surface area (Å²) in [7, 11) is 1.88. The van der Waals surface area contributed by atoms with E-state index in [4.69, 9.17) is 10.5 Å². The Morgan fingerprint density at radius 2 is 1.96 bits per heavy atom. The highest BCUT2D eigenvalue weighted by atomic mass is 16.5. The molecule has 1 amide bonds. The van der Waals surface area contributed by atoms with Gasteiger partial charge in [0.1, 0.15) is 18.0 Å². The molecule has 0 radical (unpaired) electrons. The highest BCUT2D eigenvalue weighted by Gasteiger charge is 2.24. The normalized spacial score (nSPS) is 21.6. The van der Waals surface area contributed by atoms with Crippen molar-refractivity contribution < 1.29 is 9.53 Å². The lowest BCUT2D eigenvalue weighted by molar-refractivity contribution is -0.119. The molecule has 0 spiro atoms. The van der Waals surface area contributed by atoms with Crippen LogP contribution in [0.15, 0.2) is 12.4 Å². The zero-order chi connectivity index (χ0) is 17.6. The lowest BCUT2D eigenvalue weighted by Crippen LogP contribution is -2.48. The Labute approximate surface area is 148 Å². The molecular formula is C17H28N6O2. The highest BCUT2D eigenvalue weighted by molar-refractivity contribution is 5.75. The summed E-state index contributed by atoms with van der Waals surface area (Å²) in [4.78, 5) is 26.4. The fourth-order valence-corrected chi connectivity index (χ4v) is 3.52. The van der Waals surface area contributed by atoms with Crippen LogP contribution in [0.4, 0.5) is 11.6 Å². The molecule has 3 heterocycles. The van der Waals surface area contributed by atoms with Gasteiger partial charge in [0.2, 0.25) is 5.91 Å². The van der Waals surface area contributed by atoms with Gasteiger partial charge in [-0.3, -0.25) is 9.69 Å². The second kappa shape index (κ2) is 8.44. The van der Waals surface area contributed by atoms with Gasteiger partial charge in [0.25, 0.3) is 0 Å². The Balaban J connectivity index is 1.62. The second-order valence-electron chi connectivity index (χ2n) is 6.88. The van der Waals surface area contributed by atoms with Crippen molar-refractivity contribution in [1.29, 1.82) is 0 Å². The highest BCUT2D eigenvalue weighted by Crippen LogP contribution is 2.22. The maximum Gasteiger partial charge on any atom is 0.231 e. The SMILES string of the molecule is CN(CC(N)=O)C[C@@H]1CN(c2cc(N3CCCCC3)ncn2)CCO1. The van der Waals surface area contributed by atoms with E-state index in [0.29, 0.717) is 13.2 Å². The quantitative estimate of drug-likeness (QED) is 0.779. The lowest BCUT2D eigenvalue weighted by Gasteiger charge is -2.36. The van der Waals surface area contributed by atoms with E-state index in [0.717, 1.165) is 37.8 Å². The number of ether oxygens (including phenoxy) is 1. The zero-order valence-electron chi connectivity index (χ0n) is 14.9. The standard InChI is InChI=1S/C17H28N6O2/c1-21(12-15(18)24)10-14-11-23(7-8-25-14)17-9-16(19-13-20-17)22-5-3-2-4-6-22/h9,13-14H,2-8,10-12H2,1H3,(H2,18,24)/t14-/m1/s1. The minimum absolute atomic E-state index is 0.0338. The van der Waals surface area contributed by atoms with Crippen molar-refractivity contribution in [3.05, 3.63) is 12.4 Å². The van der Waals surface area contributed by atoms with Crippen molar-refractivity contribution in [3.8, 4) is 0 Å². The average Bonchev–Trinajstić information content (AvgIpc) is 2.62. The number of amides is 1. The minimum Gasteiger partial charge on any atom is -0.373 e. The third-order valence-electron chi connectivity index (χ3n) is 4.72. The number of likely N-dealkylation sites (N-methyl/N-ethyl adjacent to an activating group) is 1. The molecule has 2 aliphatic heterocycles. The predicted molar refractivity (Wildman–Crippen MR) is 96.7 cm³/mol. The molecule has 0 aromatic carbocycles. The Morgan fingerprint density at radius 1 is 1.24 bits per heavy atom.